The Hall–Kier alpha value is -3.64. The molecule has 28 heavy (non-hydrogen) atoms. The van der Waals surface area contributed by atoms with Crippen molar-refractivity contribution in [2.24, 2.45) is 0 Å². The number of hydrogen-bond acceptors (Lipinski definition) is 0. The molecule has 0 amide bonds. The molecule has 0 bridgehead atoms. The Morgan fingerprint density at radius 2 is 1.00 bits per heavy atom. The molecule has 132 valence electrons. The van der Waals surface area contributed by atoms with E-state index in [0.29, 0.717) is 0 Å². The minimum absolute atomic E-state index is 1.21. The van der Waals surface area contributed by atoms with E-state index in [4.69, 9.17) is 0 Å². The van der Waals surface area contributed by atoms with E-state index in [1.165, 1.54) is 43.8 Å². The zero-order valence-corrected chi connectivity index (χ0v) is 15.5. The van der Waals surface area contributed by atoms with E-state index in [9.17, 15) is 0 Å². The third-order valence-corrected chi connectivity index (χ3v) is 5.24. The van der Waals surface area contributed by atoms with Crippen LogP contribution in [0.1, 0.15) is 16.7 Å². The minimum atomic E-state index is 1.21. The molecule has 0 aliphatic rings. The molecule has 0 saturated carbocycles. The second-order valence-corrected chi connectivity index (χ2v) is 7.03. The second-order valence-electron chi connectivity index (χ2n) is 7.03. The van der Waals surface area contributed by atoms with Crippen LogP contribution in [-0.4, -0.2) is 0 Å². The summed E-state index contributed by atoms with van der Waals surface area (Å²) < 4.78 is 0. The van der Waals surface area contributed by atoms with Crippen LogP contribution in [0.15, 0.2) is 115 Å². The van der Waals surface area contributed by atoms with Gasteiger partial charge in [-0.05, 0) is 56.0 Å². The van der Waals surface area contributed by atoms with Gasteiger partial charge in [0.1, 0.15) is 0 Å². The Kier molecular flexibility index (Phi) is 4.23. The standard InChI is InChI=1S/C28H20/c1-3-11-21(12-4-1)19-27(22-13-5-2-6-14-22)28-25-17-9-7-15-23(25)20-24-16-8-10-18-26(24)28/h1-20H/b27-19+. The van der Waals surface area contributed by atoms with Gasteiger partial charge in [-0.1, -0.05) is 109 Å². The predicted octanol–water partition coefficient (Wildman–Crippen LogP) is 7.58. The van der Waals surface area contributed by atoms with Crippen LogP contribution >= 0.6 is 0 Å². The molecule has 0 fully saturated rings. The Balaban J connectivity index is 1.91. The fourth-order valence-electron chi connectivity index (χ4n) is 3.94. The monoisotopic (exact) mass is 356 g/mol. The van der Waals surface area contributed by atoms with Crippen LogP contribution in [0.25, 0.3) is 33.2 Å². The molecule has 5 aromatic carbocycles. The van der Waals surface area contributed by atoms with Crippen LogP contribution in [0.4, 0.5) is 0 Å². The molecule has 0 spiro atoms. The third kappa shape index (κ3) is 3.00. The van der Waals surface area contributed by atoms with Gasteiger partial charge >= 0.3 is 0 Å². The van der Waals surface area contributed by atoms with Gasteiger partial charge in [-0.3, -0.25) is 0 Å². The molecule has 0 aliphatic carbocycles. The molecule has 0 saturated heterocycles. The summed E-state index contributed by atoms with van der Waals surface area (Å²) in [5, 5.41) is 5.11. The van der Waals surface area contributed by atoms with E-state index in [1.54, 1.807) is 0 Å². The van der Waals surface area contributed by atoms with Crippen molar-refractivity contribution in [2.45, 2.75) is 0 Å². The summed E-state index contributed by atoms with van der Waals surface area (Å²) in [6.45, 7) is 0. The molecule has 0 heterocycles. The van der Waals surface area contributed by atoms with Crippen LogP contribution in [0.2, 0.25) is 0 Å². The maximum Gasteiger partial charge on any atom is -0.00206 e. The van der Waals surface area contributed by atoms with Crippen LogP contribution in [0, 0.1) is 0 Å². The average molecular weight is 356 g/mol. The largest absolute Gasteiger partial charge is 0.0622 e. The number of hydrogen-bond donors (Lipinski definition) is 0. The van der Waals surface area contributed by atoms with Crippen molar-refractivity contribution in [3.05, 3.63) is 132 Å². The normalized spacial score (nSPS) is 11.8. The van der Waals surface area contributed by atoms with Crippen molar-refractivity contribution in [1.82, 2.24) is 0 Å². The fourth-order valence-corrected chi connectivity index (χ4v) is 3.94. The smallest absolute Gasteiger partial charge is 0.00206 e. The van der Waals surface area contributed by atoms with Gasteiger partial charge in [0.25, 0.3) is 0 Å². The zero-order valence-electron chi connectivity index (χ0n) is 15.5. The highest BCUT2D eigenvalue weighted by atomic mass is 14.2. The molecular formula is C28H20. The van der Waals surface area contributed by atoms with Crippen molar-refractivity contribution in [1.29, 1.82) is 0 Å². The highest BCUT2D eigenvalue weighted by molar-refractivity contribution is 6.13. The van der Waals surface area contributed by atoms with E-state index >= 15 is 0 Å². The number of benzene rings is 5. The topological polar surface area (TPSA) is 0 Å². The Bertz CT molecular complexity index is 1230. The van der Waals surface area contributed by atoms with Crippen molar-refractivity contribution in [2.75, 3.05) is 0 Å². The molecule has 0 N–H and O–H groups in total. The summed E-state index contributed by atoms with van der Waals surface area (Å²) in [4.78, 5) is 0. The van der Waals surface area contributed by atoms with Gasteiger partial charge in [-0.15, -0.1) is 0 Å². The summed E-state index contributed by atoms with van der Waals surface area (Å²) in [5.74, 6) is 0. The van der Waals surface area contributed by atoms with E-state index in [2.05, 4.69) is 121 Å². The first-order valence-corrected chi connectivity index (χ1v) is 9.63. The quantitative estimate of drug-likeness (QED) is 0.231. The summed E-state index contributed by atoms with van der Waals surface area (Å²) in [6, 6.07) is 40.9. The maximum atomic E-state index is 2.31. The molecule has 0 heteroatoms. The third-order valence-electron chi connectivity index (χ3n) is 5.24. The van der Waals surface area contributed by atoms with E-state index < -0.39 is 0 Å². The number of rotatable bonds is 3. The lowest BCUT2D eigenvalue weighted by Gasteiger charge is -2.16. The van der Waals surface area contributed by atoms with Gasteiger partial charge in [0.15, 0.2) is 0 Å². The lowest BCUT2D eigenvalue weighted by Crippen LogP contribution is -1.93. The lowest BCUT2D eigenvalue weighted by molar-refractivity contribution is 1.59. The molecule has 0 nitrogen and oxygen atoms in total. The van der Waals surface area contributed by atoms with Crippen molar-refractivity contribution < 1.29 is 0 Å². The Labute approximate surface area is 165 Å². The van der Waals surface area contributed by atoms with E-state index in [1.807, 2.05) is 0 Å². The first-order valence-electron chi connectivity index (χ1n) is 9.63. The summed E-state index contributed by atoms with van der Waals surface area (Å²) in [7, 11) is 0. The van der Waals surface area contributed by atoms with E-state index in [-0.39, 0.29) is 0 Å². The zero-order chi connectivity index (χ0) is 18.8. The molecule has 0 unspecified atom stereocenters. The Morgan fingerprint density at radius 1 is 0.500 bits per heavy atom. The minimum Gasteiger partial charge on any atom is -0.0622 e. The van der Waals surface area contributed by atoms with Gasteiger partial charge in [-0.2, -0.15) is 0 Å². The van der Waals surface area contributed by atoms with Gasteiger partial charge in [0.05, 0.1) is 0 Å². The van der Waals surface area contributed by atoms with Crippen molar-refractivity contribution in [3.63, 3.8) is 0 Å². The molecular weight excluding hydrogens is 336 g/mol. The highest BCUT2D eigenvalue weighted by Gasteiger charge is 2.13. The first-order chi connectivity index (χ1) is 13.9. The fraction of sp³-hybridized carbons (Fsp3) is 0. The molecule has 0 atom stereocenters. The second kappa shape index (κ2) is 7.17. The molecule has 0 aliphatic heterocycles. The molecule has 0 radical (unpaired) electrons. The van der Waals surface area contributed by atoms with Crippen molar-refractivity contribution >= 4 is 33.2 Å². The van der Waals surface area contributed by atoms with E-state index in [0.717, 1.165) is 0 Å². The summed E-state index contributed by atoms with van der Waals surface area (Å²) >= 11 is 0. The average Bonchev–Trinajstić information content (AvgIpc) is 2.77. The highest BCUT2D eigenvalue weighted by Crippen LogP contribution is 2.37. The van der Waals surface area contributed by atoms with Gasteiger partial charge in [0, 0.05) is 0 Å². The van der Waals surface area contributed by atoms with Crippen LogP contribution in [-0.2, 0) is 0 Å². The van der Waals surface area contributed by atoms with Gasteiger partial charge in [-0.25, -0.2) is 0 Å². The van der Waals surface area contributed by atoms with Gasteiger partial charge in [0.2, 0.25) is 0 Å². The first kappa shape index (κ1) is 16.5. The number of fused-ring (bicyclic) bond motifs is 2. The lowest BCUT2D eigenvalue weighted by atomic mass is 9.87. The SMILES string of the molecule is C(=C(/c1ccccc1)c1c2ccccc2cc2ccccc12)/c1ccccc1. The van der Waals surface area contributed by atoms with Crippen molar-refractivity contribution in [3.8, 4) is 0 Å². The molecule has 5 rings (SSSR count). The maximum absolute atomic E-state index is 2.31. The van der Waals surface area contributed by atoms with Crippen LogP contribution in [0.3, 0.4) is 0 Å². The Morgan fingerprint density at radius 3 is 1.61 bits per heavy atom. The molecule has 5 aromatic rings. The summed E-state index contributed by atoms with van der Waals surface area (Å²) in [6.07, 6.45) is 2.31. The van der Waals surface area contributed by atoms with Gasteiger partial charge < -0.3 is 0 Å². The predicted molar refractivity (Wildman–Crippen MR) is 121 cm³/mol. The van der Waals surface area contributed by atoms with Crippen LogP contribution < -0.4 is 0 Å². The van der Waals surface area contributed by atoms with Crippen LogP contribution in [0.5, 0.6) is 0 Å². The molecule has 0 aromatic heterocycles. The summed E-state index contributed by atoms with van der Waals surface area (Å²) in [5.41, 5.74) is 4.98.